The highest BCUT2D eigenvalue weighted by molar-refractivity contribution is 7.40. The van der Waals surface area contributed by atoms with Crippen molar-refractivity contribution in [1.29, 1.82) is 0 Å². The highest BCUT2D eigenvalue weighted by Gasteiger charge is 2.10. The minimum atomic E-state index is 0.178. The molecule has 0 saturated heterocycles. The lowest BCUT2D eigenvalue weighted by Crippen LogP contribution is -2.09. The van der Waals surface area contributed by atoms with E-state index in [0.717, 1.165) is 34.1 Å². The van der Waals surface area contributed by atoms with Gasteiger partial charge in [-0.1, -0.05) is 24.7 Å². The second kappa shape index (κ2) is 7.62. The van der Waals surface area contributed by atoms with Crippen LogP contribution in [0.3, 0.4) is 0 Å². The molecule has 0 bridgehead atoms. The van der Waals surface area contributed by atoms with Crippen LogP contribution in [0.4, 0.5) is 5.00 Å². The number of hydrogen-bond acceptors (Lipinski definition) is 5. The minimum absolute atomic E-state index is 0.178. The van der Waals surface area contributed by atoms with Crippen molar-refractivity contribution in [3.8, 4) is 10.6 Å². The van der Waals surface area contributed by atoms with E-state index < -0.39 is 0 Å². The summed E-state index contributed by atoms with van der Waals surface area (Å²) in [6.07, 6.45) is 5.87. The summed E-state index contributed by atoms with van der Waals surface area (Å²) in [4.78, 5) is 13.2. The van der Waals surface area contributed by atoms with Crippen molar-refractivity contribution in [1.82, 2.24) is 9.97 Å². The summed E-state index contributed by atoms with van der Waals surface area (Å²) in [6, 6.07) is 3.91. The van der Waals surface area contributed by atoms with Crippen LogP contribution >= 0.6 is 20.6 Å². The van der Waals surface area contributed by atoms with E-state index in [0.29, 0.717) is 5.64 Å². The number of thiazole rings is 1. The van der Waals surface area contributed by atoms with Gasteiger partial charge in [-0.3, -0.25) is 4.98 Å². The second-order valence-electron chi connectivity index (χ2n) is 4.82. The van der Waals surface area contributed by atoms with Crippen LogP contribution in [0.15, 0.2) is 29.5 Å². The van der Waals surface area contributed by atoms with Crippen LogP contribution in [0.25, 0.3) is 10.6 Å². The Morgan fingerprint density at radius 2 is 2.33 bits per heavy atom. The molecule has 0 saturated carbocycles. The molecule has 0 aliphatic carbocycles. The Morgan fingerprint density at radius 3 is 3.00 bits per heavy atom. The molecular formula is C15H20N3OPS. The summed E-state index contributed by atoms with van der Waals surface area (Å²) < 4.78 is 5.74. The van der Waals surface area contributed by atoms with Gasteiger partial charge in [-0.15, -0.1) is 0 Å². The molecular weight excluding hydrogens is 301 g/mol. The van der Waals surface area contributed by atoms with Crippen molar-refractivity contribution in [3.63, 3.8) is 0 Å². The molecule has 0 N–H and O–H groups in total. The van der Waals surface area contributed by atoms with Crippen molar-refractivity contribution in [2.45, 2.75) is 39.7 Å². The van der Waals surface area contributed by atoms with Crippen LogP contribution < -0.4 is 0 Å². The predicted octanol–water partition coefficient (Wildman–Crippen LogP) is 4.58. The van der Waals surface area contributed by atoms with Gasteiger partial charge >= 0.3 is 0 Å². The highest BCUT2D eigenvalue weighted by atomic mass is 32.1. The molecule has 2 unspecified atom stereocenters. The highest BCUT2D eigenvalue weighted by Crippen LogP contribution is 2.34. The molecule has 0 fully saturated rings. The average Bonchev–Trinajstić information content (AvgIpc) is 2.81. The number of hydrogen-bond donors (Lipinski definition) is 0. The van der Waals surface area contributed by atoms with Crippen LogP contribution in [0, 0.1) is 6.92 Å². The van der Waals surface area contributed by atoms with Crippen LogP contribution in [0.5, 0.6) is 0 Å². The van der Waals surface area contributed by atoms with Gasteiger partial charge in [0.15, 0.2) is 0 Å². The van der Waals surface area contributed by atoms with Gasteiger partial charge in [0.1, 0.15) is 10.0 Å². The van der Waals surface area contributed by atoms with Gasteiger partial charge < -0.3 is 4.74 Å². The Hall–Kier alpha value is -1.32. The molecule has 2 rings (SSSR count). The summed E-state index contributed by atoms with van der Waals surface area (Å²) in [5, 5.41) is 1.81. The Balaban J connectivity index is 2.16. The molecule has 0 radical (unpaired) electrons. The van der Waals surface area contributed by atoms with Crippen molar-refractivity contribution in [2.75, 3.05) is 0 Å². The van der Waals surface area contributed by atoms with E-state index in [2.05, 4.69) is 38.0 Å². The molecule has 0 aliphatic heterocycles. The Bertz CT molecular complexity index is 613. The van der Waals surface area contributed by atoms with Gasteiger partial charge in [0.25, 0.3) is 0 Å². The standard InChI is InChI=1S/C15H20N3OPS/c1-4-6-10(2)19-15(20)18-13-11(3)17-14(21-13)12-7-5-8-16-9-12/h5,7-10H,4,6,20H2,1-3H3. The predicted molar refractivity (Wildman–Crippen MR) is 92.3 cm³/mol. The van der Waals surface area contributed by atoms with Gasteiger partial charge in [-0.25, -0.2) is 9.98 Å². The summed E-state index contributed by atoms with van der Waals surface area (Å²) in [6.45, 7) is 6.17. The molecule has 0 spiro atoms. The van der Waals surface area contributed by atoms with E-state index in [1.807, 2.05) is 25.3 Å². The van der Waals surface area contributed by atoms with Crippen LogP contribution in [-0.4, -0.2) is 21.7 Å². The average molecular weight is 321 g/mol. The molecule has 4 nitrogen and oxygen atoms in total. The molecule has 2 heterocycles. The summed E-state index contributed by atoms with van der Waals surface area (Å²) in [7, 11) is 2.56. The first-order chi connectivity index (χ1) is 10.1. The maximum Gasteiger partial charge on any atom is 0.205 e. The number of ether oxygens (including phenoxy) is 1. The second-order valence-corrected chi connectivity index (χ2v) is 6.29. The van der Waals surface area contributed by atoms with Crippen LogP contribution in [0.2, 0.25) is 0 Å². The molecule has 112 valence electrons. The quantitative estimate of drug-likeness (QED) is 0.460. The molecule has 2 atom stereocenters. The third-order valence-electron chi connectivity index (χ3n) is 2.91. The van der Waals surface area contributed by atoms with Gasteiger partial charge in [0, 0.05) is 18.0 Å². The first-order valence-corrected chi connectivity index (χ1v) is 8.38. The lowest BCUT2D eigenvalue weighted by atomic mass is 10.2. The van der Waals surface area contributed by atoms with Crippen molar-refractivity contribution >= 4 is 31.2 Å². The van der Waals surface area contributed by atoms with Gasteiger partial charge in [-0.05, 0) is 41.6 Å². The van der Waals surface area contributed by atoms with E-state index in [4.69, 9.17) is 4.74 Å². The zero-order valence-corrected chi connectivity index (χ0v) is 14.5. The van der Waals surface area contributed by atoms with Crippen molar-refractivity contribution in [3.05, 3.63) is 30.2 Å². The van der Waals surface area contributed by atoms with E-state index in [-0.39, 0.29) is 6.10 Å². The molecule has 2 aromatic heterocycles. The van der Waals surface area contributed by atoms with E-state index in [9.17, 15) is 0 Å². The molecule has 0 aromatic carbocycles. The van der Waals surface area contributed by atoms with Crippen LogP contribution in [-0.2, 0) is 4.74 Å². The smallest absolute Gasteiger partial charge is 0.205 e. The Morgan fingerprint density at radius 1 is 1.52 bits per heavy atom. The zero-order chi connectivity index (χ0) is 15.2. The lowest BCUT2D eigenvalue weighted by molar-refractivity contribution is 0.204. The zero-order valence-electron chi connectivity index (χ0n) is 12.5. The van der Waals surface area contributed by atoms with E-state index in [1.54, 1.807) is 17.5 Å². The third-order valence-corrected chi connectivity index (χ3v) is 4.28. The number of pyridine rings is 1. The van der Waals surface area contributed by atoms with Crippen LogP contribution in [0.1, 0.15) is 32.4 Å². The molecule has 0 amide bonds. The first-order valence-electron chi connectivity index (χ1n) is 6.98. The fraction of sp³-hybridized carbons (Fsp3) is 0.400. The largest absolute Gasteiger partial charge is 0.475 e. The van der Waals surface area contributed by atoms with E-state index in [1.165, 1.54) is 0 Å². The van der Waals surface area contributed by atoms with Gasteiger partial charge in [0.05, 0.1) is 11.8 Å². The van der Waals surface area contributed by atoms with Gasteiger partial charge in [-0.2, -0.15) is 0 Å². The maximum atomic E-state index is 5.74. The Labute approximate surface area is 131 Å². The summed E-state index contributed by atoms with van der Waals surface area (Å²) in [5.41, 5.74) is 2.53. The monoisotopic (exact) mass is 321 g/mol. The SMILES string of the molecule is CCCC(C)OC(P)=Nc1sc(-c2cccnc2)nc1C. The Kier molecular flexibility index (Phi) is 5.83. The maximum absolute atomic E-state index is 5.74. The number of aliphatic imine (C=N–C) groups is 1. The number of nitrogens with zero attached hydrogens (tertiary/aromatic N) is 3. The van der Waals surface area contributed by atoms with Crippen molar-refractivity contribution in [2.24, 2.45) is 4.99 Å². The normalized spacial score (nSPS) is 13.2. The third kappa shape index (κ3) is 4.58. The first kappa shape index (κ1) is 16.1. The fourth-order valence-electron chi connectivity index (χ4n) is 1.90. The minimum Gasteiger partial charge on any atom is -0.475 e. The molecule has 2 aromatic rings. The number of rotatable bonds is 5. The molecule has 21 heavy (non-hydrogen) atoms. The fourth-order valence-corrected chi connectivity index (χ4v) is 3.29. The van der Waals surface area contributed by atoms with Gasteiger partial charge in [0.2, 0.25) is 5.64 Å². The number of aromatic nitrogens is 2. The molecule has 0 aliphatic rings. The van der Waals surface area contributed by atoms with E-state index >= 15 is 0 Å². The summed E-state index contributed by atoms with van der Waals surface area (Å²) in [5.74, 6) is 0. The lowest BCUT2D eigenvalue weighted by Gasteiger charge is -2.12. The number of aryl methyl sites for hydroxylation is 1. The molecule has 6 heteroatoms. The summed E-state index contributed by atoms with van der Waals surface area (Å²) >= 11 is 1.55. The van der Waals surface area contributed by atoms with Crippen molar-refractivity contribution < 1.29 is 4.74 Å². The topological polar surface area (TPSA) is 47.4 Å².